The Morgan fingerprint density at radius 2 is 1.83 bits per heavy atom. The van der Waals surface area contributed by atoms with Gasteiger partial charge in [-0.3, -0.25) is 18.9 Å². The Balaban J connectivity index is 1.69. The second kappa shape index (κ2) is 9.45. The minimum atomic E-state index is -5.13. The van der Waals surface area contributed by atoms with Gasteiger partial charge in [0.25, 0.3) is 5.56 Å². The maximum absolute atomic E-state index is 13.6. The molecule has 0 radical (unpaired) electrons. The van der Waals surface area contributed by atoms with Crippen LogP contribution in [0, 0.1) is 0 Å². The lowest BCUT2D eigenvalue weighted by Gasteiger charge is -2.17. The highest BCUT2D eigenvalue weighted by Crippen LogP contribution is 2.36. The van der Waals surface area contributed by atoms with Gasteiger partial charge in [0, 0.05) is 29.5 Å². The highest BCUT2D eigenvalue weighted by Gasteiger charge is 2.31. The SMILES string of the molecule is O=c1c2cnc3ccc(-c4cnc5[nH]ccc5c4)nc3c2n(-c2cccc(C(F)(F)F)c2)c(=O)n1COP(=O)(O)O. The van der Waals surface area contributed by atoms with Gasteiger partial charge in [-0.25, -0.2) is 23.9 Å². The Labute approximate surface area is 225 Å². The first-order valence-corrected chi connectivity index (χ1v) is 13.2. The summed E-state index contributed by atoms with van der Waals surface area (Å²) in [5, 5.41) is 0.530. The van der Waals surface area contributed by atoms with Gasteiger partial charge in [0.1, 0.15) is 17.9 Å². The number of fused-ring (bicyclic) bond motifs is 4. The Kier molecular flexibility index (Phi) is 6.12. The molecule has 208 valence electrons. The van der Waals surface area contributed by atoms with E-state index in [2.05, 4.69) is 24.5 Å². The van der Waals surface area contributed by atoms with Gasteiger partial charge in [-0.2, -0.15) is 13.2 Å². The Hall–Kier alpha value is -4.69. The zero-order valence-electron chi connectivity index (χ0n) is 20.4. The van der Waals surface area contributed by atoms with Crippen molar-refractivity contribution in [3.05, 3.63) is 93.5 Å². The van der Waals surface area contributed by atoms with E-state index in [-0.39, 0.29) is 27.6 Å². The number of pyridine rings is 3. The first-order chi connectivity index (χ1) is 19.4. The topological polar surface area (TPSA) is 165 Å². The minimum Gasteiger partial charge on any atom is -0.346 e. The van der Waals surface area contributed by atoms with Crippen LogP contribution in [0.25, 0.3) is 49.9 Å². The Morgan fingerprint density at radius 1 is 1.02 bits per heavy atom. The zero-order valence-corrected chi connectivity index (χ0v) is 21.3. The Bertz CT molecular complexity index is 2170. The van der Waals surface area contributed by atoms with Crippen LogP contribution >= 0.6 is 7.82 Å². The van der Waals surface area contributed by atoms with Crippen molar-refractivity contribution in [2.24, 2.45) is 0 Å². The van der Waals surface area contributed by atoms with Crippen LogP contribution in [0.2, 0.25) is 0 Å². The van der Waals surface area contributed by atoms with E-state index in [0.717, 1.165) is 28.3 Å². The van der Waals surface area contributed by atoms with E-state index >= 15 is 0 Å². The summed E-state index contributed by atoms with van der Waals surface area (Å²) in [6.45, 7) is -1.18. The number of rotatable bonds is 5. The normalized spacial score (nSPS) is 12.5. The lowest BCUT2D eigenvalue weighted by molar-refractivity contribution is -0.137. The maximum Gasteiger partial charge on any atom is 0.471 e. The van der Waals surface area contributed by atoms with Gasteiger partial charge >= 0.3 is 19.7 Å². The van der Waals surface area contributed by atoms with Crippen molar-refractivity contribution in [2.45, 2.75) is 12.9 Å². The second-order valence-electron chi connectivity index (χ2n) is 8.87. The first-order valence-electron chi connectivity index (χ1n) is 11.7. The number of nitrogens with zero attached hydrogens (tertiary/aromatic N) is 5. The molecule has 0 aliphatic rings. The van der Waals surface area contributed by atoms with Gasteiger partial charge in [0.2, 0.25) is 0 Å². The van der Waals surface area contributed by atoms with Crippen LogP contribution in [0.5, 0.6) is 0 Å². The average molecular weight is 584 g/mol. The molecule has 0 fully saturated rings. The van der Waals surface area contributed by atoms with Crippen LogP contribution in [0.1, 0.15) is 5.56 Å². The molecule has 3 N–H and O–H groups in total. The lowest BCUT2D eigenvalue weighted by Crippen LogP contribution is -2.40. The predicted molar refractivity (Wildman–Crippen MR) is 140 cm³/mol. The van der Waals surface area contributed by atoms with Crippen LogP contribution in [0.15, 0.2) is 76.7 Å². The third-order valence-electron chi connectivity index (χ3n) is 6.29. The van der Waals surface area contributed by atoms with Crippen LogP contribution in [-0.4, -0.2) is 38.9 Å². The molecule has 41 heavy (non-hydrogen) atoms. The largest absolute Gasteiger partial charge is 0.471 e. The molecule has 0 aliphatic carbocycles. The van der Waals surface area contributed by atoms with E-state index in [1.165, 1.54) is 6.07 Å². The highest BCUT2D eigenvalue weighted by atomic mass is 31.2. The number of benzene rings is 1. The molecule has 0 amide bonds. The second-order valence-corrected chi connectivity index (χ2v) is 10.1. The Morgan fingerprint density at radius 3 is 2.59 bits per heavy atom. The van der Waals surface area contributed by atoms with Gasteiger partial charge in [0.05, 0.1) is 33.4 Å². The predicted octanol–water partition coefficient (Wildman–Crippen LogP) is 3.72. The van der Waals surface area contributed by atoms with Gasteiger partial charge in [-0.15, -0.1) is 0 Å². The third-order valence-corrected chi connectivity index (χ3v) is 6.74. The summed E-state index contributed by atoms with van der Waals surface area (Å²) in [5.74, 6) is 0. The van der Waals surface area contributed by atoms with E-state index in [0.29, 0.717) is 27.5 Å². The fourth-order valence-electron chi connectivity index (χ4n) is 4.43. The molecule has 0 spiro atoms. The van der Waals surface area contributed by atoms with Crippen molar-refractivity contribution in [3.63, 3.8) is 0 Å². The smallest absolute Gasteiger partial charge is 0.346 e. The number of nitrogens with one attached hydrogen (secondary N) is 1. The number of phosphoric ester groups is 1. The molecule has 0 unspecified atom stereocenters. The average Bonchev–Trinajstić information content (AvgIpc) is 3.40. The standard InChI is InChI=1S/C25H16F3N6O6P/c26-25(27,28)15-2-1-3-16(9-15)34-21-17(23(35)33(24(34)36)12-40-41(37,38)39)11-30-19-5-4-18(32-20(19)21)14-8-13-6-7-29-22(13)31-10-14/h1-11H,12H2,(H,29,31)(H2,37,38,39). The summed E-state index contributed by atoms with van der Waals surface area (Å²) in [6.07, 6.45) is -0.391. The number of H-pyrrole nitrogens is 1. The molecule has 0 atom stereocenters. The van der Waals surface area contributed by atoms with Crippen molar-refractivity contribution in [1.82, 2.24) is 29.1 Å². The molecule has 0 saturated carbocycles. The van der Waals surface area contributed by atoms with Crippen molar-refractivity contribution < 1.29 is 32.0 Å². The molecule has 12 nitrogen and oxygen atoms in total. The molecule has 0 bridgehead atoms. The monoisotopic (exact) mass is 584 g/mol. The maximum atomic E-state index is 13.6. The molecule has 6 rings (SSSR count). The lowest BCUT2D eigenvalue weighted by atomic mass is 10.1. The van der Waals surface area contributed by atoms with E-state index in [9.17, 15) is 27.3 Å². The third kappa shape index (κ3) is 4.80. The molecule has 6 aromatic rings. The fourth-order valence-corrected chi connectivity index (χ4v) is 4.70. The van der Waals surface area contributed by atoms with E-state index in [1.807, 2.05) is 0 Å². The van der Waals surface area contributed by atoms with E-state index in [4.69, 9.17) is 9.79 Å². The summed E-state index contributed by atoms with van der Waals surface area (Å²) in [5.41, 5.74) is -1.94. The number of alkyl halides is 3. The van der Waals surface area contributed by atoms with Crippen molar-refractivity contribution in [3.8, 4) is 16.9 Å². The van der Waals surface area contributed by atoms with Crippen LogP contribution in [0.3, 0.4) is 0 Å². The summed E-state index contributed by atoms with van der Waals surface area (Å²) in [4.78, 5) is 61.4. The molecule has 0 saturated heterocycles. The molecule has 5 aromatic heterocycles. The van der Waals surface area contributed by atoms with Gasteiger partial charge in [-0.05, 0) is 42.5 Å². The van der Waals surface area contributed by atoms with Crippen LogP contribution < -0.4 is 11.2 Å². The summed E-state index contributed by atoms with van der Waals surface area (Å²) in [7, 11) is -5.13. The number of phosphoric acid groups is 1. The zero-order chi connectivity index (χ0) is 29.1. The van der Waals surface area contributed by atoms with Crippen molar-refractivity contribution >= 4 is 40.8 Å². The fraction of sp³-hybridized carbons (Fsp3) is 0.0800. The molecule has 5 heterocycles. The van der Waals surface area contributed by atoms with Gasteiger partial charge in [0.15, 0.2) is 0 Å². The number of hydrogen-bond acceptors (Lipinski definition) is 7. The van der Waals surface area contributed by atoms with E-state index in [1.54, 1.807) is 36.7 Å². The summed E-state index contributed by atoms with van der Waals surface area (Å²) >= 11 is 0. The molecule has 16 heteroatoms. The number of aromatic amines is 1. The quantitative estimate of drug-likeness (QED) is 0.202. The van der Waals surface area contributed by atoms with Crippen LogP contribution in [0.4, 0.5) is 13.2 Å². The number of aromatic nitrogens is 6. The van der Waals surface area contributed by atoms with Crippen LogP contribution in [-0.2, 0) is 22.0 Å². The van der Waals surface area contributed by atoms with Crippen molar-refractivity contribution in [2.75, 3.05) is 0 Å². The molecular formula is C25H16F3N6O6P. The summed E-state index contributed by atoms with van der Waals surface area (Å²) in [6, 6.07) is 10.6. The summed E-state index contributed by atoms with van der Waals surface area (Å²) < 4.78 is 57.6. The number of hydrogen-bond donors (Lipinski definition) is 3. The minimum absolute atomic E-state index is 0.0174. The van der Waals surface area contributed by atoms with Crippen molar-refractivity contribution in [1.29, 1.82) is 0 Å². The van der Waals surface area contributed by atoms with Gasteiger partial charge in [-0.1, -0.05) is 6.07 Å². The van der Waals surface area contributed by atoms with Gasteiger partial charge < -0.3 is 14.8 Å². The molecule has 0 aliphatic heterocycles. The van der Waals surface area contributed by atoms with E-state index < -0.39 is 37.5 Å². The number of halogens is 3. The molecular weight excluding hydrogens is 568 g/mol. The molecule has 1 aromatic carbocycles. The highest BCUT2D eigenvalue weighted by molar-refractivity contribution is 7.46. The first kappa shape index (κ1) is 26.5.